The monoisotopic (exact) mass is 405 g/mol. The van der Waals surface area contributed by atoms with Crippen LogP contribution in [0.2, 0.25) is 0 Å². The van der Waals surface area contributed by atoms with E-state index < -0.39 is 5.97 Å². The van der Waals surface area contributed by atoms with Gasteiger partial charge < -0.3 is 10.1 Å². The second-order valence-corrected chi connectivity index (χ2v) is 6.78. The van der Waals surface area contributed by atoms with Crippen LogP contribution in [0.1, 0.15) is 39.6 Å². The largest absolute Gasteiger partial charge is 0.454 e. The number of ether oxygens (including phenoxy) is 1. The van der Waals surface area contributed by atoms with Crippen LogP contribution < -0.4 is 5.32 Å². The van der Waals surface area contributed by atoms with Crippen molar-refractivity contribution in [3.05, 3.63) is 83.7 Å². The van der Waals surface area contributed by atoms with Crippen LogP contribution in [0.15, 0.2) is 67.0 Å². The van der Waals surface area contributed by atoms with Gasteiger partial charge in [0.15, 0.2) is 12.4 Å². The van der Waals surface area contributed by atoms with Gasteiger partial charge in [-0.2, -0.15) is 5.10 Å². The topological polar surface area (TPSA) is 90.3 Å². The van der Waals surface area contributed by atoms with Crippen LogP contribution in [0.5, 0.6) is 0 Å². The van der Waals surface area contributed by atoms with Gasteiger partial charge in [-0.3, -0.25) is 9.59 Å². The van der Waals surface area contributed by atoms with E-state index in [-0.39, 0.29) is 18.3 Å². The summed E-state index contributed by atoms with van der Waals surface area (Å²) >= 11 is 0. The number of nitrogens with one attached hydrogen (secondary N) is 1. The Bertz CT molecular complexity index is 994. The predicted octanol–water partition coefficient (Wildman–Crippen LogP) is 2.98. The maximum Gasteiger partial charge on any atom is 0.338 e. The van der Waals surface area contributed by atoms with Gasteiger partial charge in [-0.05, 0) is 48.7 Å². The third-order valence-electron chi connectivity index (χ3n) is 4.50. The summed E-state index contributed by atoms with van der Waals surface area (Å²) in [4.78, 5) is 35.4. The van der Waals surface area contributed by atoms with E-state index in [1.807, 2.05) is 18.2 Å². The molecular formula is C23H23N3O4. The molecule has 0 aliphatic rings. The Kier molecular flexibility index (Phi) is 7.10. The number of benzene rings is 2. The van der Waals surface area contributed by atoms with Gasteiger partial charge in [-0.15, -0.1) is 0 Å². The van der Waals surface area contributed by atoms with Crippen molar-refractivity contribution in [1.29, 1.82) is 0 Å². The van der Waals surface area contributed by atoms with E-state index in [4.69, 9.17) is 4.74 Å². The van der Waals surface area contributed by atoms with E-state index >= 15 is 0 Å². The Morgan fingerprint density at radius 1 is 1.00 bits per heavy atom. The molecule has 154 valence electrons. The van der Waals surface area contributed by atoms with Crippen LogP contribution in [0, 0.1) is 0 Å². The Morgan fingerprint density at radius 3 is 2.33 bits per heavy atom. The number of amides is 1. The van der Waals surface area contributed by atoms with Gasteiger partial charge in [0, 0.05) is 31.4 Å². The van der Waals surface area contributed by atoms with Crippen molar-refractivity contribution >= 4 is 17.7 Å². The first-order chi connectivity index (χ1) is 14.5. The van der Waals surface area contributed by atoms with Crippen LogP contribution >= 0.6 is 0 Å². The van der Waals surface area contributed by atoms with Crippen molar-refractivity contribution in [3.63, 3.8) is 0 Å². The first-order valence-electron chi connectivity index (χ1n) is 9.67. The third-order valence-corrected chi connectivity index (χ3v) is 4.50. The summed E-state index contributed by atoms with van der Waals surface area (Å²) in [6.07, 6.45) is 5.11. The number of Topliss-reactive ketones (excluding diaryl/α,β-unsaturated/α-hetero) is 1. The molecule has 1 amide bonds. The predicted molar refractivity (Wildman–Crippen MR) is 112 cm³/mol. The van der Waals surface area contributed by atoms with E-state index in [9.17, 15) is 14.4 Å². The summed E-state index contributed by atoms with van der Waals surface area (Å²) in [7, 11) is 0. The molecule has 1 aromatic heterocycles. The van der Waals surface area contributed by atoms with Gasteiger partial charge in [0.1, 0.15) is 0 Å². The molecule has 0 unspecified atom stereocenters. The highest BCUT2D eigenvalue weighted by Crippen LogP contribution is 2.11. The minimum Gasteiger partial charge on any atom is -0.454 e. The van der Waals surface area contributed by atoms with Crippen LogP contribution in [0.25, 0.3) is 5.69 Å². The minimum absolute atomic E-state index is 0.0423. The third kappa shape index (κ3) is 5.88. The fraction of sp³-hybridized carbons (Fsp3) is 0.217. The van der Waals surface area contributed by atoms with Gasteiger partial charge in [0.05, 0.1) is 11.3 Å². The Morgan fingerprint density at radius 2 is 1.70 bits per heavy atom. The fourth-order valence-electron chi connectivity index (χ4n) is 2.88. The summed E-state index contributed by atoms with van der Waals surface area (Å²) in [6, 6.07) is 15.8. The summed E-state index contributed by atoms with van der Waals surface area (Å²) in [5.41, 5.74) is 2.76. The summed E-state index contributed by atoms with van der Waals surface area (Å²) in [6.45, 7) is 1.79. The van der Waals surface area contributed by atoms with Crippen molar-refractivity contribution in [2.75, 3.05) is 13.2 Å². The first kappa shape index (κ1) is 21.0. The molecule has 1 heterocycles. The van der Waals surface area contributed by atoms with E-state index in [1.165, 1.54) is 6.92 Å². The lowest BCUT2D eigenvalue weighted by Crippen LogP contribution is -2.21. The lowest BCUT2D eigenvalue weighted by atomic mass is 10.1. The zero-order valence-corrected chi connectivity index (χ0v) is 16.7. The van der Waals surface area contributed by atoms with Crippen molar-refractivity contribution in [3.8, 4) is 5.69 Å². The van der Waals surface area contributed by atoms with Crippen LogP contribution in [-0.4, -0.2) is 40.6 Å². The molecule has 0 saturated heterocycles. The van der Waals surface area contributed by atoms with Crippen molar-refractivity contribution in [2.24, 2.45) is 0 Å². The molecular weight excluding hydrogens is 382 g/mol. The Balaban J connectivity index is 1.47. The summed E-state index contributed by atoms with van der Waals surface area (Å²) < 4.78 is 6.84. The van der Waals surface area contributed by atoms with Gasteiger partial charge in [0.2, 0.25) is 5.91 Å². The lowest BCUT2D eigenvalue weighted by molar-refractivity contribution is -0.118. The molecule has 3 rings (SSSR count). The number of hydrogen-bond acceptors (Lipinski definition) is 5. The zero-order valence-electron chi connectivity index (χ0n) is 16.7. The highest BCUT2D eigenvalue weighted by molar-refractivity contribution is 5.99. The number of carbonyl (C=O) groups excluding carboxylic acids is 3. The second-order valence-electron chi connectivity index (χ2n) is 6.78. The maximum absolute atomic E-state index is 12.3. The van der Waals surface area contributed by atoms with Crippen molar-refractivity contribution in [1.82, 2.24) is 15.1 Å². The van der Waals surface area contributed by atoms with Gasteiger partial charge in [-0.1, -0.05) is 24.3 Å². The van der Waals surface area contributed by atoms with Crippen molar-refractivity contribution < 1.29 is 19.1 Å². The molecule has 1 N–H and O–H groups in total. The average Bonchev–Trinajstić information content (AvgIpc) is 3.30. The molecule has 0 spiro atoms. The maximum atomic E-state index is 12.3. The van der Waals surface area contributed by atoms with E-state index in [0.717, 1.165) is 24.1 Å². The summed E-state index contributed by atoms with van der Waals surface area (Å²) in [5.74, 6) is -0.856. The minimum atomic E-state index is -0.551. The first-order valence-corrected chi connectivity index (χ1v) is 9.67. The second kappa shape index (κ2) is 10.2. The molecule has 0 fully saturated rings. The molecule has 3 aromatic rings. The average molecular weight is 405 g/mol. The molecule has 0 saturated carbocycles. The van der Waals surface area contributed by atoms with E-state index in [1.54, 1.807) is 53.5 Å². The number of ketones is 1. The zero-order chi connectivity index (χ0) is 21.3. The quantitative estimate of drug-likeness (QED) is 0.336. The number of carbonyl (C=O) groups is 3. The summed E-state index contributed by atoms with van der Waals surface area (Å²) in [5, 5.41) is 6.88. The van der Waals surface area contributed by atoms with Crippen molar-refractivity contribution in [2.45, 2.75) is 19.8 Å². The standard InChI is InChI=1S/C23H23N3O4/c1-17(27)24-13-2-4-18-5-7-19(8-6-18)22(28)16-30-23(29)20-9-11-21(12-10-20)26-15-3-14-25-26/h3,5-12,14-15H,2,4,13,16H2,1H3,(H,24,27). The van der Waals surface area contributed by atoms with Crippen LogP contribution in [0.3, 0.4) is 0 Å². The lowest BCUT2D eigenvalue weighted by Gasteiger charge is -2.07. The number of aryl methyl sites for hydroxylation is 1. The molecule has 0 radical (unpaired) electrons. The number of nitrogens with zero attached hydrogens (tertiary/aromatic N) is 2. The van der Waals surface area contributed by atoms with E-state index in [2.05, 4.69) is 10.4 Å². The number of rotatable bonds is 9. The molecule has 7 heteroatoms. The SMILES string of the molecule is CC(=O)NCCCc1ccc(C(=O)COC(=O)c2ccc(-n3cccn3)cc2)cc1. The van der Waals surface area contributed by atoms with Gasteiger partial charge in [-0.25, -0.2) is 9.48 Å². The number of aromatic nitrogens is 2. The highest BCUT2D eigenvalue weighted by Gasteiger charge is 2.12. The molecule has 0 atom stereocenters. The smallest absolute Gasteiger partial charge is 0.338 e. The number of esters is 1. The molecule has 0 aliphatic carbocycles. The van der Waals surface area contributed by atoms with Crippen LogP contribution in [-0.2, 0) is 16.0 Å². The molecule has 30 heavy (non-hydrogen) atoms. The Hall–Kier alpha value is -3.74. The van der Waals surface area contributed by atoms with Gasteiger partial charge >= 0.3 is 5.97 Å². The number of hydrogen-bond donors (Lipinski definition) is 1. The molecule has 2 aromatic carbocycles. The normalized spacial score (nSPS) is 10.4. The van der Waals surface area contributed by atoms with Crippen LogP contribution in [0.4, 0.5) is 0 Å². The molecule has 0 aliphatic heterocycles. The van der Waals surface area contributed by atoms with Gasteiger partial charge in [0.25, 0.3) is 0 Å². The Labute approximate surface area is 174 Å². The molecule has 7 nitrogen and oxygen atoms in total. The fourth-order valence-corrected chi connectivity index (χ4v) is 2.88. The highest BCUT2D eigenvalue weighted by atomic mass is 16.5. The molecule has 0 bridgehead atoms. The van der Waals surface area contributed by atoms with E-state index in [0.29, 0.717) is 17.7 Å².